The first-order valence-electron chi connectivity index (χ1n) is 9.99. The van der Waals surface area contributed by atoms with E-state index in [0.29, 0.717) is 18.3 Å². The standard InChI is InChI=1S/C19H27N7O/c27-19(21-10-15-5-2-1-3-6-15)16-7-4-8-25(11-16)17-9-18(23-13-22-17)26-14-20-12-24-26/h9,12-16H,1-8,10-11H2,(H,21,27). The molecule has 8 heteroatoms. The van der Waals surface area contributed by atoms with E-state index >= 15 is 0 Å². The highest BCUT2D eigenvalue weighted by molar-refractivity contribution is 5.79. The Morgan fingerprint density at radius 3 is 2.74 bits per heavy atom. The maximum atomic E-state index is 12.7. The van der Waals surface area contributed by atoms with E-state index in [0.717, 1.165) is 31.7 Å². The summed E-state index contributed by atoms with van der Waals surface area (Å²) in [5.41, 5.74) is 0. The van der Waals surface area contributed by atoms with Gasteiger partial charge in [-0.05, 0) is 31.6 Å². The van der Waals surface area contributed by atoms with Gasteiger partial charge in [0.05, 0.1) is 5.92 Å². The smallest absolute Gasteiger partial charge is 0.224 e. The molecule has 1 amide bonds. The maximum Gasteiger partial charge on any atom is 0.224 e. The largest absolute Gasteiger partial charge is 0.356 e. The Labute approximate surface area is 159 Å². The van der Waals surface area contributed by atoms with Crippen molar-refractivity contribution < 1.29 is 4.79 Å². The Hall–Kier alpha value is -2.51. The van der Waals surface area contributed by atoms with Crippen molar-refractivity contribution in [1.29, 1.82) is 0 Å². The second-order valence-corrected chi connectivity index (χ2v) is 7.61. The minimum absolute atomic E-state index is 0.0205. The van der Waals surface area contributed by atoms with Crippen molar-refractivity contribution in [1.82, 2.24) is 30.0 Å². The molecule has 2 aliphatic rings. The van der Waals surface area contributed by atoms with E-state index in [4.69, 9.17) is 0 Å². The summed E-state index contributed by atoms with van der Waals surface area (Å²) in [6.45, 7) is 2.43. The average Bonchev–Trinajstić information content (AvgIpc) is 3.28. The van der Waals surface area contributed by atoms with Gasteiger partial charge in [0.25, 0.3) is 0 Å². The third-order valence-electron chi connectivity index (χ3n) is 5.70. The van der Waals surface area contributed by atoms with Crippen LogP contribution in [0.2, 0.25) is 0 Å². The Kier molecular flexibility index (Phi) is 5.60. The molecule has 1 aliphatic heterocycles. The van der Waals surface area contributed by atoms with Crippen LogP contribution in [-0.4, -0.2) is 50.3 Å². The van der Waals surface area contributed by atoms with Crippen molar-refractivity contribution in [2.45, 2.75) is 44.9 Å². The molecule has 1 saturated heterocycles. The molecule has 8 nitrogen and oxygen atoms in total. The van der Waals surface area contributed by atoms with Gasteiger partial charge in [0.15, 0.2) is 5.82 Å². The number of carbonyl (C=O) groups excluding carboxylic acids is 1. The van der Waals surface area contributed by atoms with E-state index in [1.54, 1.807) is 17.3 Å². The molecule has 1 unspecified atom stereocenters. The van der Waals surface area contributed by atoms with Gasteiger partial charge in [0.2, 0.25) is 5.91 Å². The molecular formula is C19H27N7O. The summed E-state index contributed by atoms with van der Waals surface area (Å²) in [7, 11) is 0. The number of anilines is 1. The molecule has 1 atom stereocenters. The number of hydrogen-bond donors (Lipinski definition) is 1. The topological polar surface area (TPSA) is 88.8 Å². The summed E-state index contributed by atoms with van der Waals surface area (Å²) in [4.78, 5) is 27.5. The summed E-state index contributed by atoms with van der Waals surface area (Å²) in [6, 6.07) is 1.90. The van der Waals surface area contributed by atoms with Gasteiger partial charge in [-0.3, -0.25) is 4.79 Å². The van der Waals surface area contributed by atoms with Crippen molar-refractivity contribution in [2.24, 2.45) is 11.8 Å². The fourth-order valence-electron chi connectivity index (χ4n) is 4.14. The number of rotatable bonds is 5. The molecule has 1 saturated carbocycles. The first kappa shape index (κ1) is 17.9. The third-order valence-corrected chi connectivity index (χ3v) is 5.70. The highest BCUT2D eigenvalue weighted by atomic mass is 16.1. The highest BCUT2D eigenvalue weighted by Gasteiger charge is 2.27. The minimum Gasteiger partial charge on any atom is -0.356 e. The predicted molar refractivity (Wildman–Crippen MR) is 101 cm³/mol. The van der Waals surface area contributed by atoms with Crippen LogP contribution in [0, 0.1) is 11.8 Å². The molecule has 3 heterocycles. The lowest BCUT2D eigenvalue weighted by atomic mass is 9.89. The van der Waals surface area contributed by atoms with Crippen LogP contribution in [-0.2, 0) is 4.79 Å². The van der Waals surface area contributed by atoms with Gasteiger partial charge in [-0.1, -0.05) is 19.3 Å². The van der Waals surface area contributed by atoms with Crippen molar-refractivity contribution >= 4 is 11.7 Å². The van der Waals surface area contributed by atoms with Gasteiger partial charge < -0.3 is 10.2 Å². The number of nitrogens with one attached hydrogen (secondary N) is 1. The van der Waals surface area contributed by atoms with E-state index in [1.165, 1.54) is 38.4 Å². The van der Waals surface area contributed by atoms with Gasteiger partial charge in [0.1, 0.15) is 24.8 Å². The molecular weight excluding hydrogens is 342 g/mol. The van der Waals surface area contributed by atoms with Crippen molar-refractivity contribution in [3.63, 3.8) is 0 Å². The third kappa shape index (κ3) is 4.43. The molecule has 1 aliphatic carbocycles. The monoisotopic (exact) mass is 369 g/mol. The van der Waals surface area contributed by atoms with Crippen LogP contribution in [0.1, 0.15) is 44.9 Å². The summed E-state index contributed by atoms with van der Waals surface area (Å²) >= 11 is 0. The maximum absolute atomic E-state index is 12.7. The van der Waals surface area contributed by atoms with Gasteiger partial charge in [-0.2, -0.15) is 5.10 Å². The van der Waals surface area contributed by atoms with Crippen LogP contribution in [0.4, 0.5) is 5.82 Å². The summed E-state index contributed by atoms with van der Waals surface area (Å²) < 4.78 is 1.61. The molecule has 2 aromatic rings. The van der Waals surface area contributed by atoms with E-state index in [1.807, 2.05) is 6.07 Å². The first-order valence-corrected chi connectivity index (χ1v) is 9.99. The fourth-order valence-corrected chi connectivity index (χ4v) is 4.14. The van der Waals surface area contributed by atoms with Gasteiger partial charge >= 0.3 is 0 Å². The molecule has 0 spiro atoms. The average molecular weight is 369 g/mol. The number of carbonyl (C=O) groups is 1. The lowest BCUT2D eigenvalue weighted by molar-refractivity contribution is -0.125. The zero-order valence-corrected chi connectivity index (χ0v) is 15.6. The summed E-state index contributed by atoms with van der Waals surface area (Å²) in [5.74, 6) is 2.39. The van der Waals surface area contributed by atoms with Crippen molar-refractivity contribution in [3.8, 4) is 5.82 Å². The van der Waals surface area contributed by atoms with Crippen molar-refractivity contribution in [3.05, 3.63) is 25.0 Å². The second-order valence-electron chi connectivity index (χ2n) is 7.61. The lowest BCUT2D eigenvalue weighted by Gasteiger charge is -2.33. The summed E-state index contributed by atoms with van der Waals surface area (Å²) in [6.07, 6.45) is 13.0. The van der Waals surface area contributed by atoms with Crippen LogP contribution in [0.5, 0.6) is 0 Å². The number of nitrogens with zero attached hydrogens (tertiary/aromatic N) is 6. The molecule has 2 fully saturated rings. The van der Waals surface area contributed by atoms with Crippen molar-refractivity contribution in [2.75, 3.05) is 24.5 Å². The van der Waals surface area contributed by atoms with Crippen LogP contribution in [0.25, 0.3) is 5.82 Å². The lowest BCUT2D eigenvalue weighted by Crippen LogP contribution is -2.44. The minimum atomic E-state index is 0.0205. The molecule has 144 valence electrons. The number of hydrogen-bond acceptors (Lipinski definition) is 6. The fraction of sp³-hybridized carbons (Fsp3) is 0.632. The van der Waals surface area contributed by atoms with E-state index in [-0.39, 0.29) is 11.8 Å². The Bertz CT molecular complexity index is 742. The highest BCUT2D eigenvalue weighted by Crippen LogP contribution is 2.24. The Morgan fingerprint density at radius 2 is 1.93 bits per heavy atom. The van der Waals surface area contributed by atoms with Crippen LogP contribution < -0.4 is 10.2 Å². The second kappa shape index (κ2) is 8.45. The number of piperidine rings is 1. The van der Waals surface area contributed by atoms with Gasteiger partial charge in [-0.15, -0.1) is 0 Å². The molecule has 0 radical (unpaired) electrons. The Morgan fingerprint density at radius 1 is 1.07 bits per heavy atom. The molecule has 1 N–H and O–H groups in total. The summed E-state index contributed by atoms with van der Waals surface area (Å²) in [5, 5.41) is 7.32. The van der Waals surface area contributed by atoms with Crippen LogP contribution in [0.15, 0.2) is 25.0 Å². The molecule has 0 aromatic carbocycles. The Balaban J connectivity index is 1.36. The number of amides is 1. The van der Waals surface area contributed by atoms with Crippen LogP contribution >= 0.6 is 0 Å². The number of aromatic nitrogens is 5. The SMILES string of the molecule is O=C(NCC1CCCCC1)C1CCCN(c2cc(-n3cncn3)ncn2)C1. The molecule has 2 aromatic heterocycles. The normalized spacial score (nSPS) is 21.2. The predicted octanol–water partition coefficient (Wildman–Crippen LogP) is 1.97. The van der Waals surface area contributed by atoms with E-state index < -0.39 is 0 Å². The molecule has 4 rings (SSSR count). The zero-order valence-electron chi connectivity index (χ0n) is 15.6. The first-order chi connectivity index (χ1) is 13.3. The quantitative estimate of drug-likeness (QED) is 0.867. The van der Waals surface area contributed by atoms with Gasteiger partial charge in [-0.25, -0.2) is 19.6 Å². The van der Waals surface area contributed by atoms with Crippen LogP contribution in [0.3, 0.4) is 0 Å². The molecule has 0 bridgehead atoms. The van der Waals surface area contributed by atoms with E-state index in [2.05, 4.69) is 30.3 Å². The molecule has 27 heavy (non-hydrogen) atoms. The van der Waals surface area contributed by atoms with Gasteiger partial charge in [0, 0.05) is 25.7 Å². The zero-order chi connectivity index (χ0) is 18.5. The van der Waals surface area contributed by atoms with E-state index in [9.17, 15) is 4.79 Å².